The second-order valence-electron chi connectivity index (χ2n) is 8.06. The number of fused-ring (bicyclic) bond motifs is 3. The summed E-state index contributed by atoms with van der Waals surface area (Å²) in [6, 6.07) is 9.00. The van der Waals surface area contributed by atoms with E-state index in [2.05, 4.69) is 15.2 Å². The Kier molecular flexibility index (Phi) is 5.91. The second-order valence-corrected chi connectivity index (χ2v) is 8.06. The van der Waals surface area contributed by atoms with Crippen LogP contribution in [0.3, 0.4) is 0 Å². The van der Waals surface area contributed by atoms with Crippen molar-refractivity contribution in [3.05, 3.63) is 41.6 Å². The van der Waals surface area contributed by atoms with E-state index in [9.17, 15) is 9.90 Å². The molecule has 0 saturated carbocycles. The minimum Gasteiger partial charge on any atom is -0.507 e. The van der Waals surface area contributed by atoms with Crippen molar-refractivity contribution in [1.82, 2.24) is 15.2 Å². The van der Waals surface area contributed by atoms with Crippen LogP contribution < -0.4 is 0 Å². The molecule has 0 radical (unpaired) electrons. The molecule has 2 aromatic heterocycles. The number of hydrogen-bond donors (Lipinski definition) is 2. The Morgan fingerprint density at radius 1 is 1.21 bits per heavy atom. The third kappa shape index (κ3) is 4.42. The maximum atomic E-state index is 12.5. The number of rotatable bonds is 2. The zero-order valence-electron chi connectivity index (χ0n) is 17.7. The molecule has 0 amide bonds. The molecule has 1 unspecified atom stereocenters. The number of nitrogens with zero attached hydrogens (tertiary/aromatic N) is 2. The number of H-pyrrole nitrogens is 1. The SMILES string of the molecule is CC.CC(C)(C)OC(=O)C1CCc2[nH]c3nnc(-c4ccccc4O)cc3c2C1. The van der Waals surface area contributed by atoms with Crippen LogP contribution in [0.15, 0.2) is 30.3 Å². The number of phenolic OH excluding ortho intramolecular Hbond substituents is 1. The lowest BCUT2D eigenvalue weighted by molar-refractivity contribution is -0.160. The van der Waals surface area contributed by atoms with Gasteiger partial charge in [-0.3, -0.25) is 4.79 Å². The van der Waals surface area contributed by atoms with Gasteiger partial charge in [0.25, 0.3) is 0 Å². The quantitative estimate of drug-likeness (QED) is 0.608. The summed E-state index contributed by atoms with van der Waals surface area (Å²) in [5.41, 5.74) is 3.68. The van der Waals surface area contributed by atoms with Gasteiger partial charge in [0.2, 0.25) is 0 Å². The van der Waals surface area contributed by atoms with Crippen molar-refractivity contribution in [1.29, 1.82) is 0 Å². The first kappa shape index (κ1) is 20.8. The van der Waals surface area contributed by atoms with Gasteiger partial charge in [-0.1, -0.05) is 26.0 Å². The lowest BCUT2D eigenvalue weighted by Gasteiger charge is -2.26. The first-order chi connectivity index (χ1) is 13.8. The summed E-state index contributed by atoms with van der Waals surface area (Å²) in [7, 11) is 0. The van der Waals surface area contributed by atoms with Gasteiger partial charge < -0.3 is 14.8 Å². The molecule has 2 heterocycles. The summed E-state index contributed by atoms with van der Waals surface area (Å²) in [6.45, 7) is 9.66. The molecule has 0 bridgehead atoms. The van der Waals surface area contributed by atoms with E-state index in [0.29, 0.717) is 23.3 Å². The highest BCUT2D eigenvalue weighted by Crippen LogP contribution is 2.35. The summed E-state index contributed by atoms with van der Waals surface area (Å²) >= 11 is 0. The number of carbonyl (C=O) groups is 1. The molecule has 6 nitrogen and oxygen atoms in total. The molecular weight excluding hydrogens is 366 g/mol. The van der Waals surface area contributed by atoms with Crippen LogP contribution in [0.2, 0.25) is 0 Å². The third-order valence-corrected chi connectivity index (χ3v) is 4.87. The average Bonchev–Trinajstić information content (AvgIpc) is 3.05. The average molecular weight is 396 g/mol. The zero-order valence-corrected chi connectivity index (χ0v) is 17.7. The fraction of sp³-hybridized carbons (Fsp3) is 0.435. The summed E-state index contributed by atoms with van der Waals surface area (Å²) < 4.78 is 5.58. The Hall–Kier alpha value is -2.89. The van der Waals surface area contributed by atoms with Crippen LogP contribution in [0.1, 0.15) is 52.3 Å². The lowest BCUT2D eigenvalue weighted by Crippen LogP contribution is -2.31. The molecule has 29 heavy (non-hydrogen) atoms. The Labute approximate surface area is 171 Å². The van der Waals surface area contributed by atoms with Crippen molar-refractivity contribution in [3.8, 4) is 17.0 Å². The van der Waals surface area contributed by atoms with E-state index in [0.717, 1.165) is 29.5 Å². The number of ether oxygens (including phenoxy) is 1. The molecule has 4 rings (SSSR count). The molecule has 1 aliphatic rings. The van der Waals surface area contributed by atoms with Gasteiger partial charge in [0.05, 0.1) is 11.6 Å². The van der Waals surface area contributed by atoms with Gasteiger partial charge in [-0.2, -0.15) is 0 Å². The second kappa shape index (κ2) is 8.23. The zero-order chi connectivity index (χ0) is 21.2. The Morgan fingerprint density at radius 2 is 1.93 bits per heavy atom. The summed E-state index contributed by atoms with van der Waals surface area (Å²) in [4.78, 5) is 15.8. The molecule has 2 N–H and O–H groups in total. The summed E-state index contributed by atoms with van der Waals surface area (Å²) in [5.74, 6) is -0.134. The Balaban J connectivity index is 0.00000117. The minimum absolute atomic E-state index is 0.148. The van der Waals surface area contributed by atoms with Gasteiger partial charge in [-0.05, 0) is 63.8 Å². The number of aromatic nitrogens is 3. The number of nitrogens with one attached hydrogen (secondary N) is 1. The molecule has 154 valence electrons. The highest BCUT2D eigenvalue weighted by molar-refractivity contribution is 5.86. The predicted molar refractivity (Wildman–Crippen MR) is 114 cm³/mol. The molecule has 0 aliphatic heterocycles. The molecule has 0 spiro atoms. The van der Waals surface area contributed by atoms with E-state index >= 15 is 0 Å². The van der Waals surface area contributed by atoms with Gasteiger partial charge in [-0.15, -0.1) is 10.2 Å². The Morgan fingerprint density at radius 3 is 2.62 bits per heavy atom. The van der Waals surface area contributed by atoms with E-state index in [1.165, 1.54) is 0 Å². The van der Waals surface area contributed by atoms with Crippen LogP contribution in [0.25, 0.3) is 22.3 Å². The van der Waals surface area contributed by atoms with Crippen LogP contribution in [-0.4, -0.2) is 31.9 Å². The van der Waals surface area contributed by atoms with E-state index in [1.807, 2.05) is 52.8 Å². The van der Waals surface area contributed by atoms with Crippen molar-refractivity contribution in [2.24, 2.45) is 5.92 Å². The summed E-state index contributed by atoms with van der Waals surface area (Å²) in [5, 5.41) is 19.6. The van der Waals surface area contributed by atoms with Gasteiger partial charge in [0.15, 0.2) is 5.65 Å². The number of aromatic amines is 1. The number of aryl methyl sites for hydroxylation is 1. The molecule has 1 aromatic carbocycles. The van der Waals surface area contributed by atoms with Crippen LogP contribution >= 0.6 is 0 Å². The van der Waals surface area contributed by atoms with Crippen LogP contribution in [0.4, 0.5) is 0 Å². The first-order valence-corrected chi connectivity index (χ1v) is 10.2. The highest BCUT2D eigenvalue weighted by atomic mass is 16.6. The smallest absolute Gasteiger partial charge is 0.309 e. The first-order valence-electron chi connectivity index (χ1n) is 10.2. The van der Waals surface area contributed by atoms with Gasteiger partial charge in [-0.25, -0.2) is 0 Å². The number of benzene rings is 1. The maximum Gasteiger partial charge on any atom is 0.309 e. The monoisotopic (exact) mass is 395 g/mol. The molecule has 1 atom stereocenters. The van der Waals surface area contributed by atoms with Gasteiger partial charge in [0, 0.05) is 16.6 Å². The van der Waals surface area contributed by atoms with Crippen molar-refractivity contribution >= 4 is 17.0 Å². The van der Waals surface area contributed by atoms with Crippen molar-refractivity contribution in [2.75, 3.05) is 0 Å². The standard InChI is InChI=1S/C21H23N3O3.C2H6/c1-21(2,3)27-20(26)12-8-9-16-14(10-12)15-11-17(23-24-19(15)22-16)13-6-4-5-7-18(13)25;1-2/h4-7,11-12,25H,8-10H2,1-3H3,(H,22,24);1-2H3. The third-order valence-electron chi connectivity index (χ3n) is 4.87. The number of aromatic hydroxyl groups is 1. The lowest BCUT2D eigenvalue weighted by atomic mass is 9.86. The van der Waals surface area contributed by atoms with Gasteiger partial charge >= 0.3 is 5.97 Å². The summed E-state index contributed by atoms with van der Waals surface area (Å²) in [6.07, 6.45) is 2.16. The van der Waals surface area contributed by atoms with Crippen molar-refractivity contribution in [2.45, 2.75) is 59.5 Å². The number of para-hydroxylation sites is 1. The molecular formula is C23H29N3O3. The number of hydrogen-bond acceptors (Lipinski definition) is 5. The largest absolute Gasteiger partial charge is 0.507 e. The molecule has 3 aromatic rings. The normalized spacial score (nSPS) is 16.0. The van der Waals surface area contributed by atoms with E-state index in [-0.39, 0.29) is 17.6 Å². The topological polar surface area (TPSA) is 88.1 Å². The number of phenols is 1. The van der Waals surface area contributed by atoms with Crippen molar-refractivity contribution in [3.63, 3.8) is 0 Å². The van der Waals surface area contributed by atoms with E-state index < -0.39 is 5.60 Å². The molecule has 1 aliphatic carbocycles. The maximum absolute atomic E-state index is 12.5. The van der Waals surface area contributed by atoms with E-state index in [4.69, 9.17) is 4.74 Å². The fourth-order valence-electron chi connectivity index (χ4n) is 3.62. The molecule has 6 heteroatoms. The van der Waals surface area contributed by atoms with Gasteiger partial charge in [0.1, 0.15) is 11.4 Å². The number of carbonyl (C=O) groups excluding carboxylic acids is 1. The van der Waals surface area contributed by atoms with Crippen LogP contribution in [0.5, 0.6) is 5.75 Å². The fourth-order valence-corrected chi connectivity index (χ4v) is 3.62. The number of esters is 1. The van der Waals surface area contributed by atoms with Crippen LogP contribution in [-0.2, 0) is 22.4 Å². The van der Waals surface area contributed by atoms with E-state index in [1.54, 1.807) is 12.1 Å². The predicted octanol–water partition coefficient (Wildman–Crippen LogP) is 4.80. The highest BCUT2D eigenvalue weighted by Gasteiger charge is 2.31. The minimum atomic E-state index is -0.485. The van der Waals surface area contributed by atoms with Crippen LogP contribution in [0, 0.1) is 5.92 Å². The molecule has 0 fully saturated rings. The Bertz CT molecular complexity index is 1020. The van der Waals surface area contributed by atoms with Crippen molar-refractivity contribution < 1.29 is 14.6 Å². The molecule has 0 saturated heterocycles.